The minimum atomic E-state index is -3.88. The number of anilines is 1. The predicted octanol–water partition coefficient (Wildman–Crippen LogP) is 3.75. The van der Waals surface area contributed by atoms with Crippen molar-refractivity contribution in [3.05, 3.63) is 29.4 Å². The number of pyridine rings is 1. The van der Waals surface area contributed by atoms with E-state index in [1.165, 1.54) is 6.20 Å². The number of hydrogen-bond donors (Lipinski definition) is 2. The molecule has 0 amide bonds. The third-order valence-corrected chi connectivity index (χ3v) is 9.33. The van der Waals surface area contributed by atoms with E-state index in [-0.39, 0.29) is 22.0 Å². The summed E-state index contributed by atoms with van der Waals surface area (Å²) in [5, 5.41) is 10.6. The zero-order valence-corrected chi connectivity index (χ0v) is 21.1. The zero-order chi connectivity index (χ0) is 25.1. The summed E-state index contributed by atoms with van der Waals surface area (Å²) in [6.45, 7) is 5.67. The molecule has 2 aliphatic rings. The fraction of sp³-hybridized carbons (Fsp3) is 0.545. The van der Waals surface area contributed by atoms with Crippen LogP contribution in [0.15, 0.2) is 29.3 Å². The monoisotopic (exact) mass is 528 g/mol. The summed E-state index contributed by atoms with van der Waals surface area (Å²) in [7, 11) is -3.88. The number of nitrogens with zero attached hydrogens (tertiary/aromatic N) is 4. The number of sulfonamides is 1. The molecule has 0 bridgehead atoms. The van der Waals surface area contributed by atoms with E-state index in [2.05, 4.69) is 20.2 Å². The normalized spacial score (nSPS) is 24.4. The Balaban J connectivity index is 1.68. The van der Waals surface area contributed by atoms with Gasteiger partial charge in [0, 0.05) is 30.4 Å². The van der Waals surface area contributed by atoms with Gasteiger partial charge in [-0.25, -0.2) is 26.3 Å². The van der Waals surface area contributed by atoms with E-state index >= 15 is 0 Å². The van der Waals surface area contributed by atoms with Gasteiger partial charge in [0.05, 0.1) is 22.9 Å². The summed E-state index contributed by atoms with van der Waals surface area (Å²) >= 11 is 0.762. The van der Waals surface area contributed by atoms with Crippen LogP contribution in [0.4, 0.5) is 18.9 Å². The van der Waals surface area contributed by atoms with Gasteiger partial charge in [-0.2, -0.15) is 0 Å². The number of nitrogens with one attached hydrogen (secondary N) is 2. The van der Waals surface area contributed by atoms with Crippen LogP contribution in [-0.2, 0) is 10.0 Å². The topological polar surface area (TPSA) is 91.6 Å². The molecule has 3 atom stereocenters. The van der Waals surface area contributed by atoms with E-state index in [9.17, 15) is 21.6 Å². The second-order valence-electron chi connectivity index (χ2n) is 9.67. The third kappa shape index (κ3) is 4.54. The summed E-state index contributed by atoms with van der Waals surface area (Å²) in [5.74, 6) is 0. The number of rotatable bonds is 7. The van der Waals surface area contributed by atoms with Crippen LogP contribution in [0, 0.1) is 0 Å². The lowest BCUT2D eigenvalue weighted by Crippen LogP contribution is -2.61. The van der Waals surface area contributed by atoms with E-state index in [0.717, 1.165) is 24.2 Å². The Morgan fingerprint density at radius 2 is 2.03 bits per heavy atom. The summed E-state index contributed by atoms with van der Waals surface area (Å²) in [6, 6.07) is 4.42. The van der Waals surface area contributed by atoms with Gasteiger partial charge in [-0.3, -0.25) is 0 Å². The Morgan fingerprint density at radius 1 is 1.29 bits per heavy atom. The lowest BCUT2D eigenvalue weighted by molar-refractivity contribution is 0.150. The fourth-order valence-electron chi connectivity index (χ4n) is 4.55. The average Bonchev–Trinajstić information content (AvgIpc) is 3.18. The van der Waals surface area contributed by atoms with Gasteiger partial charge in [0.15, 0.2) is 10.0 Å². The molecule has 1 aliphatic heterocycles. The quantitative estimate of drug-likeness (QED) is 0.486. The van der Waals surface area contributed by atoms with Crippen LogP contribution in [0.3, 0.4) is 0 Å². The van der Waals surface area contributed by atoms with Gasteiger partial charge in [-0.15, -0.1) is 10.2 Å². The molecule has 35 heavy (non-hydrogen) atoms. The standard InChI is InChI=1S/C22H27F3N6O2S2/c1-12-10-30(13(2)15(9-23)26-12)18-8-14(35(32,33)29-22(3)6-7-22)11-31-16(18)4-5-17(31)20-27-28-21(34-20)19(24)25/h4-5,8,11-13,15,19,26,29H,6-7,9-10H2,1-3H3/t12-,13-,15-/m1/s1. The molecule has 0 radical (unpaired) electrons. The maximum atomic E-state index is 13.8. The van der Waals surface area contributed by atoms with Crippen LogP contribution in [-0.4, -0.2) is 59.9 Å². The summed E-state index contributed by atoms with van der Waals surface area (Å²) in [6.07, 6.45) is 0.237. The highest BCUT2D eigenvalue weighted by atomic mass is 32.2. The number of hydrogen-bond acceptors (Lipinski definition) is 7. The Kier molecular flexibility index (Phi) is 6.09. The number of halogens is 3. The van der Waals surface area contributed by atoms with Crippen molar-refractivity contribution in [2.75, 3.05) is 18.1 Å². The van der Waals surface area contributed by atoms with Crippen LogP contribution in [0.25, 0.3) is 16.2 Å². The second-order valence-corrected chi connectivity index (χ2v) is 12.4. The molecule has 0 aromatic carbocycles. The van der Waals surface area contributed by atoms with Crippen molar-refractivity contribution in [2.24, 2.45) is 0 Å². The molecule has 1 saturated carbocycles. The molecule has 0 spiro atoms. The first kappa shape index (κ1) is 24.5. The van der Waals surface area contributed by atoms with Crippen molar-refractivity contribution in [1.29, 1.82) is 0 Å². The number of aromatic nitrogens is 3. The van der Waals surface area contributed by atoms with Gasteiger partial charge in [0.1, 0.15) is 11.6 Å². The lowest BCUT2D eigenvalue weighted by atomic mass is 10.0. The van der Waals surface area contributed by atoms with Crippen molar-refractivity contribution < 1.29 is 21.6 Å². The largest absolute Gasteiger partial charge is 0.364 e. The highest BCUT2D eigenvalue weighted by Crippen LogP contribution is 2.38. The maximum absolute atomic E-state index is 13.8. The average molecular weight is 529 g/mol. The van der Waals surface area contributed by atoms with Crippen molar-refractivity contribution in [2.45, 2.75) is 68.6 Å². The van der Waals surface area contributed by atoms with Crippen LogP contribution in [0.1, 0.15) is 45.0 Å². The molecule has 2 N–H and O–H groups in total. The molecule has 0 unspecified atom stereocenters. The molecular weight excluding hydrogens is 501 g/mol. The van der Waals surface area contributed by atoms with E-state index in [0.29, 0.717) is 23.4 Å². The smallest absolute Gasteiger partial charge is 0.291 e. The molecular formula is C22H27F3N6O2S2. The molecule has 190 valence electrons. The Bertz CT molecular complexity index is 1350. The van der Waals surface area contributed by atoms with Crippen LogP contribution in [0.5, 0.6) is 0 Å². The maximum Gasteiger partial charge on any atom is 0.291 e. The first-order valence-corrected chi connectivity index (χ1v) is 13.7. The fourth-order valence-corrected chi connectivity index (χ4v) is 6.75. The molecule has 13 heteroatoms. The minimum absolute atomic E-state index is 0.0260. The van der Waals surface area contributed by atoms with E-state index in [1.54, 1.807) is 22.6 Å². The second kappa shape index (κ2) is 8.71. The third-order valence-electron chi connectivity index (χ3n) is 6.77. The number of piperazine rings is 1. The predicted molar refractivity (Wildman–Crippen MR) is 128 cm³/mol. The molecule has 8 nitrogen and oxygen atoms in total. The minimum Gasteiger partial charge on any atom is -0.364 e. The summed E-state index contributed by atoms with van der Waals surface area (Å²) in [4.78, 5) is 2.05. The van der Waals surface area contributed by atoms with Gasteiger partial charge in [0.25, 0.3) is 6.43 Å². The van der Waals surface area contributed by atoms with Crippen molar-refractivity contribution >= 4 is 32.6 Å². The van der Waals surface area contributed by atoms with Crippen molar-refractivity contribution in [1.82, 2.24) is 24.6 Å². The van der Waals surface area contributed by atoms with Crippen LogP contribution in [0.2, 0.25) is 0 Å². The zero-order valence-electron chi connectivity index (χ0n) is 19.5. The van der Waals surface area contributed by atoms with E-state index in [1.807, 2.05) is 25.7 Å². The van der Waals surface area contributed by atoms with E-state index < -0.39 is 39.7 Å². The van der Waals surface area contributed by atoms with E-state index in [4.69, 9.17) is 0 Å². The first-order chi connectivity index (χ1) is 16.5. The van der Waals surface area contributed by atoms with Gasteiger partial charge >= 0.3 is 0 Å². The molecule has 3 aromatic rings. The van der Waals surface area contributed by atoms with Crippen LogP contribution < -0.4 is 14.9 Å². The Morgan fingerprint density at radius 3 is 2.66 bits per heavy atom. The SMILES string of the molecule is C[C@@H]1CN(c2cc(S(=O)(=O)NC3(C)CC3)cn3c(-c4nnc(C(F)F)s4)ccc23)[C@H](C)[C@@H](CF)N1. The van der Waals surface area contributed by atoms with Crippen LogP contribution >= 0.6 is 11.3 Å². The number of alkyl halides is 3. The molecule has 1 aliphatic carbocycles. The summed E-state index contributed by atoms with van der Waals surface area (Å²) in [5.41, 5.74) is 1.27. The van der Waals surface area contributed by atoms with Crippen molar-refractivity contribution in [3.63, 3.8) is 0 Å². The highest BCUT2D eigenvalue weighted by Gasteiger charge is 2.42. The van der Waals surface area contributed by atoms with Crippen molar-refractivity contribution in [3.8, 4) is 10.7 Å². The molecule has 2 fully saturated rings. The first-order valence-electron chi connectivity index (χ1n) is 11.4. The molecule has 4 heterocycles. The summed E-state index contributed by atoms with van der Waals surface area (Å²) < 4.78 is 71.2. The lowest BCUT2D eigenvalue weighted by Gasteiger charge is -2.44. The van der Waals surface area contributed by atoms with Gasteiger partial charge < -0.3 is 14.6 Å². The van der Waals surface area contributed by atoms with Gasteiger partial charge in [0.2, 0.25) is 10.0 Å². The Hall–Kier alpha value is -2.22. The number of fused-ring (bicyclic) bond motifs is 1. The molecule has 1 saturated heterocycles. The van der Waals surface area contributed by atoms with Gasteiger partial charge in [-0.05, 0) is 51.8 Å². The molecule has 5 rings (SSSR count). The van der Waals surface area contributed by atoms with Gasteiger partial charge in [-0.1, -0.05) is 11.3 Å². The Labute approximate surface area is 205 Å². The highest BCUT2D eigenvalue weighted by molar-refractivity contribution is 7.89. The molecule has 3 aromatic heterocycles.